The van der Waals surface area contributed by atoms with Crippen LogP contribution in [-0.2, 0) is 85.4 Å². The molecule has 3 aliphatic heterocycles. The van der Waals surface area contributed by atoms with Gasteiger partial charge in [-0.25, -0.2) is 0 Å². The zero-order valence-electron chi connectivity index (χ0n) is 46.2. The molecule has 0 bridgehead atoms. The number of aliphatic hydroxyl groups is 12. The van der Waals surface area contributed by atoms with Gasteiger partial charge in [0.1, 0.15) is 73.2 Å². The predicted molar refractivity (Wildman–Crippen MR) is 273 cm³/mol. The Bertz CT molecular complexity index is 1450. The van der Waals surface area contributed by atoms with Crippen LogP contribution in [0.15, 0.2) is 0 Å². The normalized spacial score (nSPS) is 28.9. The first-order chi connectivity index (χ1) is 39.6. The molecule has 0 aromatic rings. The van der Waals surface area contributed by atoms with Crippen LogP contribution in [0.4, 0.5) is 0 Å². The molecule has 0 aromatic heterocycles. The second-order valence-corrected chi connectivity index (χ2v) is 18.8. The molecule has 0 spiro atoms. The van der Waals surface area contributed by atoms with E-state index in [4.69, 9.17) is 71.1 Å². The van der Waals surface area contributed by atoms with Gasteiger partial charge in [0.25, 0.3) is 0 Å². The summed E-state index contributed by atoms with van der Waals surface area (Å²) >= 11 is 0. The molecule has 0 radical (unpaired) electrons. The molecule has 3 amide bonds. The van der Waals surface area contributed by atoms with E-state index in [9.17, 15) is 75.7 Å². The van der Waals surface area contributed by atoms with E-state index < -0.39 is 112 Å². The van der Waals surface area contributed by atoms with Crippen LogP contribution in [0.1, 0.15) is 19.3 Å². The predicted octanol–water partition coefficient (Wildman–Crippen LogP) is -9.28. The topological polar surface area (TPSA) is 469 Å². The Balaban J connectivity index is 1.24. The van der Waals surface area contributed by atoms with Crippen LogP contribution in [0.5, 0.6) is 0 Å². The maximum absolute atomic E-state index is 12.4. The number of hydrogen-bond acceptors (Lipinski definition) is 30. The first-order valence-electron chi connectivity index (χ1n) is 27.4. The lowest BCUT2D eigenvalue weighted by molar-refractivity contribution is -0.302. The van der Waals surface area contributed by atoms with E-state index in [1.165, 1.54) is 0 Å². The molecule has 3 saturated heterocycles. The van der Waals surface area contributed by atoms with Crippen molar-refractivity contribution in [1.29, 1.82) is 0 Å². The summed E-state index contributed by atoms with van der Waals surface area (Å²) in [5.41, 5.74) is 0. The number of carbonyl (C=O) groups excluding carboxylic acids is 3. The van der Waals surface area contributed by atoms with E-state index >= 15 is 0 Å². The highest BCUT2D eigenvalue weighted by Gasteiger charge is 2.46. The third kappa shape index (κ3) is 29.6. The zero-order valence-corrected chi connectivity index (χ0v) is 46.2. The summed E-state index contributed by atoms with van der Waals surface area (Å²) in [4.78, 5) is 37.3. The fraction of sp³-hybridized carbons (Fsp3) is 0.939. The molecule has 33 heteroatoms. The Morgan fingerprint density at radius 1 is 0.317 bits per heavy atom. The zero-order chi connectivity index (χ0) is 59.9. The number of amides is 3. The Morgan fingerprint density at radius 3 is 0.817 bits per heavy atom. The molecule has 482 valence electrons. The van der Waals surface area contributed by atoms with E-state index in [1.54, 1.807) is 0 Å². The van der Waals surface area contributed by atoms with Crippen molar-refractivity contribution in [2.75, 3.05) is 178 Å². The minimum atomic E-state index is -1.55. The average molecular weight is 1200 g/mol. The van der Waals surface area contributed by atoms with Gasteiger partial charge in [-0.1, -0.05) is 0 Å². The molecule has 3 fully saturated rings. The van der Waals surface area contributed by atoms with Gasteiger partial charge in [-0.05, 0) is 0 Å². The summed E-state index contributed by atoms with van der Waals surface area (Å²) < 4.78 is 81.8. The van der Waals surface area contributed by atoms with Crippen LogP contribution in [0.25, 0.3) is 0 Å². The monoisotopic (exact) mass is 1200 g/mol. The fourth-order valence-corrected chi connectivity index (χ4v) is 7.69. The second kappa shape index (κ2) is 44.7. The van der Waals surface area contributed by atoms with Crippen LogP contribution >= 0.6 is 0 Å². The maximum atomic E-state index is 12.4. The van der Waals surface area contributed by atoms with Gasteiger partial charge in [-0.3, -0.25) is 14.4 Å². The summed E-state index contributed by atoms with van der Waals surface area (Å²) in [7, 11) is 0. The lowest BCUT2D eigenvalue weighted by Gasteiger charge is -2.39. The van der Waals surface area contributed by atoms with Gasteiger partial charge < -0.3 is 148 Å². The molecule has 0 saturated carbocycles. The number of carbonyl (C=O) groups is 3. The van der Waals surface area contributed by atoms with Crippen LogP contribution in [-0.4, -0.2) is 349 Å². The number of aliphatic hydroxyl groups excluding tert-OH is 12. The van der Waals surface area contributed by atoms with Crippen molar-refractivity contribution in [2.24, 2.45) is 5.92 Å². The first kappa shape index (κ1) is 73.6. The van der Waals surface area contributed by atoms with Crippen LogP contribution in [0.3, 0.4) is 0 Å². The summed E-state index contributed by atoms with van der Waals surface area (Å²) in [6, 6.07) is 0. The third-order valence-electron chi connectivity index (χ3n) is 12.4. The van der Waals surface area contributed by atoms with Crippen LogP contribution < -0.4 is 16.0 Å². The third-order valence-corrected chi connectivity index (χ3v) is 12.4. The first-order valence-corrected chi connectivity index (χ1v) is 27.4. The van der Waals surface area contributed by atoms with E-state index in [0.29, 0.717) is 0 Å². The van der Waals surface area contributed by atoms with Crippen molar-refractivity contribution in [3.8, 4) is 0 Å². The Kier molecular flexibility index (Phi) is 40.1. The molecule has 15 atom stereocenters. The van der Waals surface area contributed by atoms with Gasteiger partial charge in [0.2, 0.25) is 17.7 Å². The van der Waals surface area contributed by atoms with Crippen molar-refractivity contribution in [2.45, 2.75) is 111 Å². The fourth-order valence-electron chi connectivity index (χ4n) is 7.69. The van der Waals surface area contributed by atoms with E-state index in [2.05, 4.69) is 16.0 Å². The lowest BCUT2D eigenvalue weighted by Crippen LogP contribution is -2.59. The summed E-state index contributed by atoms with van der Waals surface area (Å²) in [5.74, 6) is -1.16. The van der Waals surface area contributed by atoms with E-state index in [1.807, 2.05) is 0 Å². The molecule has 0 aromatic carbocycles. The van der Waals surface area contributed by atoms with Gasteiger partial charge in [-0.2, -0.15) is 0 Å². The Morgan fingerprint density at radius 2 is 0.561 bits per heavy atom. The molecule has 15 N–H and O–H groups in total. The van der Waals surface area contributed by atoms with Crippen LogP contribution in [0.2, 0.25) is 0 Å². The molecule has 0 aliphatic carbocycles. The number of nitrogens with one attached hydrogen (secondary N) is 3. The smallest absolute Gasteiger partial charge is 0.222 e. The van der Waals surface area contributed by atoms with Gasteiger partial charge in [0, 0.05) is 44.8 Å². The van der Waals surface area contributed by atoms with Gasteiger partial charge in [-0.15, -0.1) is 0 Å². The molecular weight excluding hydrogens is 1110 g/mol. The average Bonchev–Trinajstić information content (AvgIpc) is 3.68. The van der Waals surface area contributed by atoms with E-state index in [0.717, 1.165) is 0 Å². The highest BCUT2D eigenvalue weighted by molar-refractivity contribution is 5.76. The second-order valence-electron chi connectivity index (χ2n) is 18.8. The largest absolute Gasteiger partial charge is 0.394 e. The number of ether oxygens (including phenoxy) is 15. The minimum absolute atomic E-state index is 0.00922. The Hall–Kier alpha value is -2.67. The quantitative estimate of drug-likeness (QED) is 0.0252. The standard InChI is InChI=1S/C49H91N3O30/c53-25-32-38(59)41(62)44(65)47(80-32)77-22-19-71-16-13-68-10-4-50-35(56)1-7-74-28-31(29-75-8-2-36(57)51-5-11-69-14-17-72-20-23-78-48-45(66)42(63)39(60)33(26-54)81-48)30-76-9-3-37(58)52-6-12-70-15-18-73-21-24-79-49-46(67)43(64)40(61)34(27-55)82-49/h31-34,38-49,53-55,59-67H,1-30H2,(H,50,56)(H,51,57)(H,52,58)/t31?,32?,33?,34?,38-,39-,40-,41?,42?,43?,44-,45?,46?,47+,48+,49+/m1/s1. The van der Waals surface area contributed by atoms with Gasteiger partial charge in [0.15, 0.2) is 18.9 Å². The van der Waals surface area contributed by atoms with Gasteiger partial charge >= 0.3 is 0 Å². The van der Waals surface area contributed by atoms with Crippen molar-refractivity contribution < 1.29 is 147 Å². The molecule has 33 nitrogen and oxygen atoms in total. The maximum Gasteiger partial charge on any atom is 0.222 e. The molecule has 8 unspecified atom stereocenters. The molecule has 3 heterocycles. The molecule has 3 rings (SSSR count). The SMILES string of the molecule is O=C(CCOCC(COCCC(=O)NCCOCCOCCO[C@H]1OC(CO)[C@@H](O)C(O)C1O)COCCC(=O)NCCOCCOCCO[C@H]1OC(CO)[C@@H](O)C(O)[C@H]1O)NCCOCCOCCO[C@H]1OC(CO)[C@@H](O)C(O)C1O. The Labute approximate surface area is 475 Å². The highest BCUT2D eigenvalue weighted by Crippen LogP contribution is 2.24. The molecule has 82 heavy (non-hydrogen) atoms. The number of rotatable bonds is 48. The minimum Gasteiger partial charge on any atom is -0.394 e. The number of hydrogen-bond donors (Lipinski definition) is 15. The van der Waals surface area contributed by atoms with E-state index in [-0.39, 0.29) is 201 Å². The summed E-state index contributed by atoms with van der Waals surface area (Å²) in [5, 5.41) is 125. The molecule has 3 aliphatic rings. The lowest BCUT2D eigenvalue weighted by atomic mass is 9.99. The van der Waals surface area contributed by atoms with Crippen molar-refractivity contribution >= 4 is 17.7 Å². The van der Waals surface area contributed by atoms with Crippen LogP contribution in [0, 0.1) is 5.92 Å². The molecular formula is C49H91N3O30. The summed E-state index contributed by atoms with van der Waals surface area (Å²) in [6.45, 7) is 1.74. The summed E-state index contributed by atoms with van der Waals surface area (Å²) in [6.07, 6.45) is -20.5. The highest BCUT2D eigenvalue weighted by atomic mass is 16.7. The van der Waals surface area contributed by atoms with Crippen molar-refractivity contribution in [1.82, 2.24) is 16.0 Å². The van der Waals surface area contributed by atoms with Crippen molar-refractivity contribution in [3.05, 3.63) is 0 Å². The van der Waals surface area contributed by atoms with Crippen molar-refractivity contribution in [3.63, 3.8) is 0 Å². The van der Waals surface area contributed by atoms with Gasteiger partial charge in [0.05, 0.1) is 159 Å².